The normalized spacial score (nSPS) is 16.3. The average molecular weight is 391 g/mol. The minimum absolute atomic E-state index is 0.303. The first-order valence-electron chi connectivity index (χ1n) is 8.94. The van der Waals surface area contributed by atoms with Crippen molar-refractivity contribution in [1.29, 1.82) is 0 Å². The van der Waals surface area contributed by atoms with Gasteiger partial charge in [-0.15, -0.1) is 0 Å². The third-order valence-corrected chi connectivity index (χ3v) is 6.77. The molecule has 1 aliphatic heterocycles. The zero-order valence-electron chi connectivity index (χ0n) is 16.0. The summed E-state index contributed by atoms with van der Waals surface area (Å²) in [6.07, 6.45) is 0. The standard InChI is InChI=1S/C20H26N2O4S/c1-16-4-9-20(26-3)17(14-16)15-21-10-12-22(13-11-21)27(23,24)19-7-5-18(25-2)6-8-19/h4-9,14H,10-13,15H2,1-3H3. The highest BCUT2D eigenvalue weighted by molar-refractivity contribution is 7.89. The molecule has 2 aromatic rings. The maximum absolute atomic E-state index is 12.8. The van der Waals surface area contributed by atoms with Crippen LogP contribution in [0.2, 0.25) is 0 Å². The molecule has 1 aliphatic rings. The fourth-order valence-corrected chi connectivity index (χ4v) is 4.72. The van der Waals surface area contributed by atoms with Crippen LogP contribution in [0.3, 0.4) is 0 Å². The van der Waals surface area contributed by atoms with Gasteiger partial charge in [0.05, 0.1) is 19.1 Å². The van der Waals surface area contributed by atoms with Crippen molar-refractivity contribution < 1.29 is 17.9 Å². The van der Waals surface area contributed by atoms with Crippen LogP contribution < -0.4 is 9.47 Å². The van der Waals surface area contributed by atoms with E-state index in [1.807, 2.05) is 12.1 Å². The van der Waals surface area contributed by atoms with Gasteiger partial charge in [0.2, 0.25) is 10.0 Å². The van der Waals surface area contributed by atoms with Crippen molar-refractivity contribution in [2.45, 2.75) is 18.4 Å². The number of ether oxygens (including phenoxy) is 2. The van der Waals surface area contributed by atoms with E-state index in [-0.39, 0.29) is 0 Å². The summed E-state index contributed by atoms with van der Waals surface area (Å²) in [5.74, 6) is 1.51. The Kier molecular flexibility index (Phi) is 6.04. The zero-order valence-corrected chi connectivity index (χ0v) is 16.8. The van der Waals surface area contributed by atoms with Gasteiger partial charge < -0.3 is 9.47 Å². The number of methoxy groups -OCH3 is 2. The van der Waals surface area contributed by atoms with E-state index in [4.69, 9.17) is 9.47 Å². The molecule has 3 rings (SSSR count). The first-order chi connectivity index (χ1) is 12.9. The summed E-state index contributed by atoms with van der Waals surface area (Å²) in [5.41, 5.74) is 2.32. The Bertz CT molecular complexity index is 873. The van der Waals surface area contributed by atoms with Crippen molar-refractivity contribution in [3.05, 3.63) is 53.6 Å². The first-order valence-corrected chi connectivity index (χ1v) is 10.4. The van der Waals surface area contributed by atoms with Crippen LogP contribution >= 0.6 is 0 Å². The maximum Gasteiger partial charge on any atom is 0.243 e. The summed E-state index contributed by atoms with van der Waals surface area (Å²) in [6, 6.07) is 12.7. The summed E-state index contributed by atoms with van der Waals surface area (Å²) in [6.45, 7) is 5.13. The van der Waals surface area contributed by atoms with Crippen molar-refractivity contribution in [1.82, 2.24) is 9.21 Å². The van der Waals surface area contributed by atoms with Crippen LogP contribution in [0.15, 0.2) is 47.4 Å². The van der Waals surface area contributed by atoms with Crippen LogP contribution in [0, 0.1) is 6.92 Å². The van der Waals surface area contributed by atoms with E-state index in [1.54, 1.807) is 42.8 Å². The van der Waals surface area contributed by atoms with Crippen molar-refractivity contribution in [3.8, 4) is 11.5 Å². The molecule has 0 saturated carbocycles. The fraction of sp³-hybridized carbons (Fsp3) is 0.400. The highest BCUT2D eigenvalue weighted by Crippen LogP contribution is 2.24. The number of piperazine rings is 1. The molecule has 1 saturated heterocycles. The lowest BCUT2D eigenvalue weighted by Gasteiger charge is -2.34. The number of benzene rings is 2. The monoisotopic (exact) mass is 390 g/mol. The molecule has 2 aromatic carbocycles. The van der Waals surface area contributed by atoms with E-state index in [9.17, 15) is 8.42 Å². The fourth-order valence-electron chi connectivity index (χ4n) is 3.30. The quantitative estimate of drug-likeness (QED) is 0.759. The van der Waals surface area contributed by atoms with E-state index in [0.29, 0.717) is 36.8 Å². The molecule has 0 aromatic heterocycles. The summed E-state index contributed by atoms with van der Waals surface area (Å²) in [7, 11) is -0.241. The van der Waals surface area contributed by atoms with Crippen LogP contribution in [-0.4, -0.2) is 58.0 Å². The molecule has 0 aliphatic carbocycles. The predicted molar refractivity (Wildman–Crippen MR) is 105 cm³/mol. The van der Waals surface area contributed by atoms with E-state index < -0.39 is 10.0 Å². The molecule has 0 radical (unpaired) electrons. The molecular weight excluding hydrogens is 364 g/mol. The number of hydrogen-bond donors (Lipinski definition) is 0. The van der Waals surface area contributed by atoms with Crippen LogP contribution in [0.5, 0.6) is 11.5 Å². The van der Waals surface area contributed by atoms with Gasteiger partial charge in [-0.2, -0.15) is 4.31 Å². The minimum Gasteiger partial charge on any atom is -0.497 e. The Morgan fingerprint density at radius 1 is 0.926 bits per heavy atom. The van der Waals surface area contributed by atoms with Crippen molar-refractivity contribution >= 4 is 10.0 Å². The Labute approximate surface area is 161 Å². The van der Waals surface area contributed by atoms with Gasteiger partial charge >= 0.3 is 0 Å². The highest BCUT2D eigenvalue weighted by atomic mass is 32.2. The number of hydrogen-bond acceptors (Lipinski definition) is 5. The molecule has 0 N–H and O–H groups in total. The van der Waals surface area contributed by atoms with E-state index >= 15 is 0 Å². The molecule has 1 heterocycles. The van der Waals surface area contributed by atoms with Crippen molar-refractivity contribution in [3.63, 3.8) is 0 Å². The second-order valence-corrected chi connectivity index (χ2v) is 8.61. The highest BCUT2D eigenvalue weighted by Gasteiger charge is 2.28. The molecule has 1 fully saturated rings. The predicted octanol–water partition coefficient (Wildman–Crippen LogP) is 2.52. The summed E-state index contributed by atoms with van der Waals surface area (Å²) >= 11 is 0. The van der Waals surface area contributed by atoms with Gasteiger partial charge in [-0.1, -0.05) is 17.7 Å². The van der Waals surface area contributed by atoms with E-state index in [0.717, 1.165) is 17.9 Å². The van der Waals surface area contributed by atoms with Crippen molar-refractivity contribution in [2.75, 3.05) is 40.4 Å². The Hall–Kier alpha value is -2.09. The minimum atomic E-state index is -3.48. The van der Waals surface area contributed by atoms with Gasteiger partial charge in [0.1, 0.15) is 11.5 Å². The zero-order chi connectivity index (χ0) is 19.4. The molecule has 0 unspecified atom stereocenters. The third kappa shape index (κ3) is 4.43. The molecule has 6 nitrogen and oxygen atoms in total. The van der Waals surface area contributed by atoms with E-state index in [1.165, 1.54) is 5.56 Å². The van der Waals surface area contributed by atoms with Gasteiger partial charge in [-0.3, -0.25) is 4.90 Å². The lowest BCUT2D eigenvalue weighted by atomic mass is 10.1. The van der Waals surface area contributed by atoms with Crippen molar-refractivity contribution in [2.24, 2.45) is 0 Å². The summed E-state index contributed by atoms with van der Waals surface area (Å²) in [4.78, 5) is 2.56. The Morgan fingerprint density at radius 3 is 2.19 bits per heavy atom. The van der Waals surface area contributed by atoms with Gasteiger partial charge in [0, 0.05) is 38.3 Å². The molecule has 0 spiro atoms. The molecule has 0 atom stereocenters. The first kappa shape index (κ1) is 19.7. The molecule has 7 heteroatoms. The SMILES string of the molecule is COc1ccc(S(=O)(=O)N2CCN(Cc3cc(C)ccc3OC)CC2)cc1. The second-order valence-electron chi connectivity index (χ2n) is 6.67. The molecule has 0 amide bonds. The van der Waals surface area contributed by atoms with Gasteiger partial charge in [0.25, 0.3) is 0 Å². The number of nitrogens with zero attached hydrogens (tertiary/aromatic N) is 2. The van der Waals surface area contributed by atoms with Gasteiger partial charge in [-0.25, -0.2) is 8.42 Å². The average Bonchev–Trinajstić information content (AvgIpc) is 2.68. The molecule has 146 valence electrons. The number of sulfonamides is 1. The smallest absolute Gasteiger partial charge is 0.243 e. The lowest BCUT2D eigenvalue weighted by Crippen LogP contribution is -2.48. The Morgan fingerprint density at radius 2 is 1.59 bits per heavy atom. The van der Waals surface area contributed by atoms with Crippen LogP contribution in [0.25, 0.3) is 0 Å². The van der Waals surface area contributed by atoms with Gasteiger partial charge in [0.15, 0.2) is 0 Å². The van der Waals surface area contributed by atoms with Crippen LogP contribution in [0.1, 0.15) is 11.1 Å². The molecule has 0 bridgehead atoms. The molecule has 27 heavy (non-hydrogen) atoms. The summed E-state index contributed by atoms with van der Waals surface area (Å²) in [5, 5.41) is 0. The number of rotatable bonds is 6. The second kappa shape index (κ2) is 8.29. The third-order valence-electron chi connectivity index (χ3n) is 4.86. The van der Waals surface area contributed by atoms with E-state index in [2.05, 4.69) is 17.9 Å². The Balaban J connectivity index is 1.65. The van der Waals surface area contributed by atoms with Crippen LogP contribution in [0.4, 0.5) is 0 Å². The number of aryl methyl sites for hydroxylation is 1. The summed E-state index contributed by atoms with van der Waals surface area (Å²) < 4.78 is 37.8. The van der Waals surface area contributed by atoms with Crippen LogP contribution in [-0.2, 0) is 16.6 Å². The largest absolute Gasteiger partial charge is 0.497 e. The molecular formula is C20H26N2O4S. The van der Waals surface area contributed by atoms with Gasteiger partial charge in [-0.05, 0) is 37.3 Å². The maximum atomic E-state index is 12.8. The lowest BCUT2D eigenvalue weighted by molar-refractivity contribution is 0.180. The topological polar surface area (TPSA) is 59.1 Å².